The molecule has 1 aliphatic rings. The number of rotatable bonds is 6. The highest BCUT2D eigenvalue weighted by Crippen LogP contribution is 2.18. The average molecular weight is 462 g/mol. The second-order valence-corrected chi connectivity index (χ2v) is 5.52. The third kappa shape index (κ3) is 7.05. The Kier molecular flexibility index (Phi) is 10.2. The fourth-order valence-electron chi connectivity index (χ4n) is 2.68. The third-order valence-electron chi connectivity index (χ3n) is 3.91. The van der Waals surface area contributed by atoms with Crippen molar-refractivity contribution in [1.82, 2.24) is 15.2 Å². The number of nitrogens with one attached hydrogen (secondary N) is 1. The molecule has 1 aromatic heterocycles. The molecule has 0 radical (unpaired) electrons. The lowest BCUT2D eigenvalue weighted by Gasteiger charge is -2.33. The van der Waals surface area contributed by atoms with E-state index >= 15 is 0 Å². The van der Waals surface area contributed by atoms with E-state index in [1.165, 1.54) is 0 Å². The van der Waals surface area contributed by atoms with Gasteiger partial charge >= 0.3 is 5.97 Å². The first-order valence-corrected chi connectivity index (χ1v) is 8.39. The molecule has 8 heteroatoms. The van der Waals surface area contributed by atoms with Crippen LogP contribution in [0.25, 0.3) is 0 Å². The van der Waals surface area contributed by atoms with Crippen molar-refractivity contribution < 1.29 is 14.3 Å². The number of carbonyl (C=O) groups is 1. The van der Waals surface area contributed by atoms with Gasteiger partial charge in [-0.2, -0.15) is 0 Å². The first-order valence-electron chi connectivity index (χ1n) is 8.39. The predicted molar refractivity (Wildman–Crippen MR) is 107 cm³/mol. The number of aromatic nitrogens is 1. The molecule has 1 N–H and O–H groups in total. The summed E-state index contributed by atoms with van der Waals surface area (Å²) in [4.78, 5) is 22.3. The van der Waals surface area contributed by atoms with Crippen molar-refractivity contribution in [3.05, 3.63) is 24.5 Å². The number of pyridine rings is 1. The van der Waals surface area contributed by atoms with Gasteiger partial charge in [0, 0.05) is 26.3 Å². The summed E-state index contributed by atoms with van der Waals surface area (Å²) in [6.07, 6.45) is 5.00. The Morgan fingerprint density at radius 1 is 1.44 bits per heavy atom. The van der Waals surface area contributed by atoms with Crippen LogP contribution in [0.4, 0.5) is 0 Å². The molecule has 0 aromatic carbocycles. The minimum atomic E-state index is -0.0787. The minimum Gasteiger partial charge on any atom is -0.490 e. The van der Waals surface area contributed by atoms with Gasteiger partial charge in [-0.3, -0.25) is 14.8 Å². The minimum absolute atomic E-state index is 0. The summed E-state index contributed by atoms with van der Waals surface area (Å²) in [7, 11) is 1.77. The van der Waals surface area contributed by atoms with Crippen molar-refractivity contribution in [2.75, 3.05) is 39.9 Å². The molecule has 7 nitrogen and oxygen atoms in total. The lowest BCUT2D eigenvalue weighted by atomic mass is 9.97. The Morgan fingerprint density at radius 2 is 2.20 bits per heavy atom. The largest absolute Gasteiger partial charge is 0.490 e. The molecule has 2 heterocycles. The molecule has 0 atom stereocenters. The van der Waals surface area contributed by atoms with Crippen LogP contribution in [-0.2, 0) is 9.53 Å². The predicted octanol–water partition coefficient (Wildman–Crippen LogP) is 1.93. The van der Waals surface area contributed by atoms with Crippen LogP contribution in [0.15, 0.2) is 29.5 Å². The number of esters is 1. The molecule has 0 amide bonds. The molecule has 25 heavy (non-hydrogen) atoms. The summed E-state index contributed by atoms with van der Waals surface area (Å²) in [6, 6.07) is 3.72. The number of hydrogen-bond donors (Lipinski definition) is 1. The molecule has 1 saturated heterocycles. The van der Waals surface area contributed by atoms with E-state index in [1.54, 1.807) is 19.4 Å². The number of ether oxygens (including phenoxy) is 2. The second-order valence-electron chi connectivity index (χ2n) is 5.52. The number of likely N-dealkylation sites (tertiary alicyclic amines) is 1. The molecule has 0 spiro atoms. The van der Waals surface area contributed by atoms with Crippen molar-refractivity contribution in [3.8, 4) is 5.75 Å². The van der Waals surface area contributed by atoms with Crippen LogP contribution in [0, 0.1) is 5.92 Å². The Morgan fingerprint density at radius 3 is 2.80 bits per heavy atom. The highest BCUT2D eigenvalue weighted by Gasteiger charge is 2.27. The van der Waals surface area contributed by atoms with E-state index in [0.29, 0.717) is 19.8 Å². The maximum Gasteiger partial charge on any atom is 0.309 e. The van der Waals surface area contributed by atoms with Crippen molar-refractivity contribution in [1.29, 1.82) is 0 Å². The van der Waals surface area contributed by atoms with E-state index < -0.39 is 0 Å². The Labute approximate surface area is 166 Å². The lowest BCUT2D eigenvalue weighted by molar-refractivity contribution is -0.149. The normalized spacial score (nSPS) is 15.3. The summed E-state index contributed by atoms with van der Waals surface area (Å²) < 4.78 is 10.7. The monoisotopic (exact) mass is 462 g/mol. The number of hydrogen-bond acceptors (Lipinski definition) is 5. The zero-order chi connectivity index (χ0) is 17.2. The van der Waals surface area contributed by atoms with Gasteiger partial charge in [-0.25, -0.2) is 0 Å². The Hall–Kier alpha value is -1.58. The van der Waals surface area contributed by atoms with Crippen LogP contribution in [0.2, 0.25) is 0 Å². The summed E-state index contributed by atoms with van der Waals surface area (Å²) in [5, 5.41) is 3.29. The average Bonchev–Trinajstić information content (AvgIpc) is 2.63. The van der Waals surface area contributed by atoms with Gasteiger partial charge in [0.1, 0.15) is 12.4 Å². The smallest absolute Gasteiger partial charge is 0.309 e. The van der Waals surface area contributed by atoms with Crippen molar-refractivity contribution in [2.24, 2.45) is 10.9 Å². The number of halogens is 1. The zero-order valence-corrected chi connectivity index (χ0v) is 17.1. The standard InChI is InChI=1S/C17H26N4O3.HI/c1-3-23-16(22)14-6-10-21(11-7-14)17(18-2)20-9-12-24-15-5-4-8-19-13-15;/h4-5,8,13-14H,3,6-7,9-12H2,1-2H3,(H,18,20);1H. The summed E-state index contributed by atoms with van der Waals surface area (Å²) in [6.45, 7) is 5.06. The Bertz CT molecular complexity index is 534. The van der Waals surface area contributed by atoms with Gasteiger partial charge < -0.3 is 19.7 Å². The van der Waals surface area contributed by atoms with E-state index in [9.17, 15) is 4.79 Å². The number of carbonyl (C=O) groups excluding carboxylic acids is 1. The SMILES string of the molecule is CCOC(=O)C1CCN(C(=NC)NCCOc2cccnc2)CC1.I. The van der Waals surface area contributed by atoms with Crippen LogP contribution < -0.4 is 10.1 Å². The van der Waals surface area contributed by atoms with Gasteiger partial charge in [0.15, 0.2) is 5.96 Å². The van der Waals surface area contributed by atoms with E-state index in [1.807, 2.05) is 19.1 Å². The molecule has 0 unspecified atom stereocenters. The fraction of sp³-hybridized carbons (Fsp3) is 0.588. The number of guanidine groups is 1. The Balaban J connectivity index is 0.00000312. The first kappa shape index (κ1) is 21.5. The van der Waals surface area contributed by atoms with Gasteiger partial charge in [0.25, 0.3) is 0 Å². The molecule has 140 valence electrons. The van der Waals surface area contributed by atoms with Crippen LogP contribution in [-0.4, -0.2) is 61.7 Å². The highest BCUT2D eigenvalue weighted by molar-refractivity contribution is 14.0. The molecule has 0 aliphatic carbocycles. The maximum atomic E-state index is 11.8. The molecule has 1 aliphatic heterocycles. The molecular formula is C17H27IN4O3. The van der Waals surface area contributed by atoms with E-state index in [0.717, 1.165) is 37.6 Å². The second kappa shape index (κ2) is 11.9. The molecule has 0 saturated carbocycles. The summed E-state index contributed by atoms with van der Waals surface area (Å²) >= 11 is 0. The van der Waals surface area contributed by atoms with Crippen molar-refractivity contribution >= 4 is 35.9 Å². The lowest BCUT2D eigenvalue weighted by Crippen LogP contribution is -2.47. The van der Waals surface area contributed by atoms with Crippen LogP contribution >= 0.6 is 24.0 Å². The summed E-state index contributed by atoms with van der Waals surface area (Å²) in [5.41, 5.74) is 0. The molecule has 1 aromatic rings. The van der Waals surface area contributed by atoms with E-state index in [4.69, 9.17) is 9.47 Å². The zero-order valence-electron chi connectivity index (χ0n) is 14.8. The quantitative estimate of drug-likeness (QED) is 0.229. The molecule has 2 rings (SSSR count). The summed E-state index contributed by atoms with van der Waals surface area (Å²) in [5.74, 6) is 1.52. The fourth-order valence-corrected chi connectivity index (χ4v) is 2.68. The number of nitrogens with zero attached hydrogens (tertiary/aromatic N) is 3. The van der Waals surface area contributed by atoms with Gasteiger partial charge in [-0.1, -0.05) is 0 Å². The molecule has 1 fully saturated rings. The highest BCUT2D eigenvalue weighted by atomic mass is 127. The van der Waals surface area contributed by atoms with E-state index in [-0.39, 0.29) is 35.9 Å². The van der Waals surface area contributed by atoms with Crippen molar-refractivity contribution in [2.45, 2.75) is 19.8 Å². The number of piperidine rings is 1. The maximum absolute atomic E-state index is 11.8. The van der Waals surface area contributed by atoms with Crippen LogP contribution in [0.5, 0.6) is 5.75 Å². The van der Waals surface area contributed by atoms with Crippen LogP contribution in [0.1, 0.15) is 19.8 Å². The van der Waals surface area contributed by atoms with E-state index in [2.05, 4.69) is 20.2 Å². The van der Waals surface area contributed by atoms with Gasteiger partial charge in [0.05, 0.1) is 25.3 Å². The molecule has 0 bridgehead atoms. The topological polar surface area (TPSA) is 76.0 Å². The third-order valence-corrected chi connectivity index (χ3v) is 3.91. The number of aliphatic imine (C=N–C) groups is 1. The van der Waals surface area contributed by atoms with Gasteiger partial charge in [0.2, 0.25) is 0 Å². The first-order chi connectivity index (χ1) is 11.7. The van der Waals surface area contributed by atoms with Gasteiger partial charge in [-0.05, 0) is 31.9 Å². The van der Waals surface area contributed by atoms with Crippen molar-refractivity contribution in [3.63, 3.8) is 0 Å². The molecular weight excluding hydrogens is 435 g/mol. The van der Waals surface area contributed by atoms with Gasteiger partial charge in [-0.15, -0.1) is 24.0 Å². The van der Waals surface area contributed by atoms with Crippen LogP contribution in [0.3, 0.4) is 0 Å².